The standard InChI is InChI=1S/C19H16Cl2F2N4O2/c1-2-16-25-18(26-27(16)17-12(20)4-3-5-13(17)21)19(29)24-9-15(28)11-7-6-10(22)8-14(11)23/h3-8,15,28H,2,9H2,1H3,(H,24,29). The van der Waals surface area contributed by atoms with Crippen LogP contribution in [0.3, 0.4) is 0 Å². The van der Waals surface area contributed by atoms with Crippen LogP contribution in [0.5, 0.6) is 0 Å². The van der Waals surface area contributed by atoms with Crippen LogP contribution >= 0.6 is 23.2 Å². The Labute approximate surface area is 175 Å². The molecule has 1 aromatic heterocycles. The molecule has 0 fully saturated rings. The van der Waals surface area contributed by atoms with E-state index < -0.39 is 23.6 Å². The predicted molar refractivity (Wildman–Crippen MR) is 104 cm³/mol. The van der Waals surface area contributed by atoms with E-state index in [1.807, 2.05) is 6.92 Å². The van der Waals surface area contributed by atoms with Crippen molar-refractivity contribution in [1.29, 1.82) is 0 Å². The summed E-state index contributed by atoms with van der Waals surface area (Å²) < 4.78 is 28.1. The highest BCUT2D eigenvalue weighted by molar-refractivity contribution is 6.37. The number of aliphatic hydroxyl groups is 1. The maximum atomic E-state index is 13.7. The number of carbonyl (C=O) groups is 1. The second kappa shape index (κ2) is 8.86. The molecule has 1 atom stereocenters. The molecule has 3 rings (SSSR count). The number of aryl methyl sites for hydroxylation is 1. The van der Waals surface area contributed by atoms with Crippen LogP contribution in [-0.2, 0) is 6.42 Å². The summed E-state index contributed by atoms with van der Waals surface area (Å²) in [6.07, 6.45) is -0.920. The predicted octanol–water partition coefficient (Wildman–Crippen LogP) is 3.88. The average molecular weight is 441 g/mol. The molecular weight excluding hydrogens is 425 g/mol. The van der Waals surface area contributed by atoms with Gasteiger partial charge in [0.25, 0.3) is 5.91 Å². The summed E-state index contributed by atoms with van der Waals surface area (Å²) in [5.74, 6) is -2.05. The van der Waals surface area contributed by atoms with Crippen molar-refractivity contribution in [2.75, 3.05) is 6.54 Å². The number of aliphatic hydroxyl groups excluding tert-OH is 1. The summed E-state index contributed by atoms with van der Waals surface area (Å²) in [5, 5.41) is 17.4. The summed E-state index contributed by atoms with van der Waals surface area (Å²) in [5.41, 5.74) is 0.259. The van der Waals surface area contributed by atoms with Crippen molar-refractivity contribution in [3.63, 3.8) is 0 Å². The zero-order valence-electron chi connectivity index (χ0n) is 15.2. The molecular formula is C19H16Cl2F2N4O2. The van der Waals surface area contributed by atoms with Crippen molar-refractivity contribution in [3.05, 3.63) is 75.3 Å². The lowest BCUT2D eigenvalue weighted by Crippen LogP contribution is -2.29. The molecule has 1 amide bonds. The van der Waals surface area contributed by atoms with Gasteiger partial charge in [-0.3, -0.25) is 4.79 Å². The molecule has 2 N–H and O–H groups in total. The van der Waals surface area contributed by atoms with Crippen LogP contribution in [0, 0.1) is 11.6 Å². The van der Waals surface area contributed by atoms with Crippen molar-refractivity contribution in [2.45, 2.75) is 19.4 Å². The van der Waals surface area contributed by atoms with Crippen LogP contribution < -0.4 is 5.32 Å². The Morgan fingerprint density at radius 2 is 1.93 bits per heavy atom. The zero-order chi connectivity index (χ0) is 21.1. The second-order valence-electron chi connectivity index (χ2n) is 6.08. The lowest BCUT2D eigenvalue weighted by Gasteiger charge is -2.12. The topological polar surface area (TPSA) is 80.0 Å². The number of rotatable bonds is 6. The van der Waals surface area contributed by atoms with Gasteiger partial charge in [-0.25, -0.2) is 18.4 Å². The van der Waals surface area contributed by atoms with Crippen molar-refractivity contribution < 1.29 is 18.7 Å². The van der Waals surface area contributed by atoms with Crippen LogP contribution in [0.2, 0.25) is 10.0 Å². The number of benzene rings is 2. The zero-order valence-corrected chi connectivity index (χ0v) is 16.7. The molecule has 0 aliphatic rings. The summed E-state index contributed by atoms with van der Waals surface area (Å²) >= 11 is 12.4. The first-order valence-electron chi connectivity index (χ1n) is 8.63. The largest absolute Gasteiger partial charge is 0.386 e. The molecule has 0 spiro atoms. The van der Waals surface area contributed by atoms with Gasteiger partial charge < -0.3 is 10.4 Å². The third-order valence-corrected chi connectivity index (χ3v) is 4.73. The fourth-order valence-corrected chi connectivity index (χ4v) is 3.25. The number of nitrogens with one attached hydrogen (secondary N) is 1. The first kappa shape index (κ1) is 21.2. The van der Waals surface area contributed by atoms with Gasteiger partial charge in [-0.05, 0) is 18.2 Å². The normalized spacial score (nSPS) is 12.1. The molecule has 1 heterocycles. The second-order valence-corrected chi connectivity index (χ2v) is 6.89. The molecule has 3 aromatic rings. The van der Waals surface area contributed by atoms with Gasteiger partial charge in [-0.2, -0.15) is 0 Å². The molecule has 1 unspecified atom stereocenters. The third-order valence-electron chi connectivity index (χ3n) is 4.12. The summed E-state index contributed by atoms with van der Waals surface area (Å²) in [6.45, 7) is 1.51. The minimum atomic E-state index is -1.37. The third kappa shape index (κ3) is 4.55. The first-order valence-corrected chi connectivity index (χ1v) is 9.39. The van der Waals surface area contributed by atoms with Gasteiger partial charge in [0.15, 0.2) is 0 Å². The van der Waals surface area contributed by atoms with Gasteiger partial charge in [0.1, 0.15) is 23.1 Å². The highest BCUT2D eigenvalue weighted by atomic mass is 35.5. The number of halogens is 4. The Morgan fingerprint density at radius 3 is 2.55 bits per heavy atom. The van der Waals surface area contributed by atoms with E-state index in [0.29, 0.717) is 34.0 Å². The molecule has 2 aromatic carbocycles. The molecule has 0 saturated carbocycles. The number of para-hydroxylation sites is 1. The van der Waals surface area contributed by atoms with E-state index in [-0.39, 0.29) is 17.9 Å². The van der Waals surface area contributed by atoms with Crippen LogP contribution in [0.1, 0.15) is 35.0 Å². The van der Waals surface area contributed by atoms with Crippen molar-refractivity contribution in [3.8, 4) is 5.69 Å². The number of hydrogen-bond acceptors (Lipinski definition) is 4. The van der Waals surface area contributed by atoms with E-state index in [9.17, 15) is 18.7 Å². The van der Waals surface area contributed by atoms with Crippen LogP contribution in [0.4, 0.5) is 8.78 Å². The molecule has 152 valence electrons. The molecule has 0 saturated heterocycles. The van der Waals surface area contributed by atoms with Crippen molar-refractivity contribution in [1.82, 2.24) is 20.1 Å². The minimum Gasteiger partial charge on any atom is -0.386 e. The Morgan fingerprint density at radius 1 is 1.24 bits per heavy atom. The van der Waals surface area contributed by atoms with E-state index in [1.165, 1.54) is 4.68 Å². The summed E-state index contributed by atoms with van der Waals surface area (Å²) in [6, 6.07) is 7.75. The number of amides is 1. The maximum Gasteiger partial charge on any atom is 0.291 e. The van der Waals surface area contributed by atoms with Crippen LogP contribution in [0.15, 0.2) is 36.4 Å². The van der Waals surface area contributed by atoms with E-state index >= 15 is 0 Å². The van der Waals surface area contributed by atoms with Gasteiger partial charge in [0, 0.05) is 24.6 Å². The Kier molecular flexibility index (Phi) is 6.46. The smallest absolute Gasteiger partial charge is 0.291 e. The fraction of sp³-hybridized carbons (Fsp3) is 0.211. The highest BCUT2D eigenvalue weighted by Crippen LogP contribution is 2.28. The Balaban J connectivity index is 1.79. The van der Waals surface area contributed by atoms with Crippen LogP contribution in [0.25, 0.3) is 5.69 Å². The number of nitrogens with zero attached hydrogens (tertiary/aromatic N) is 3. The number of aromatic nitrogens is 3. The monoisotopic (exact) mass is 440 g/mol. The lowest BCUT2D eigenvalue weighted by molar-refractivity contribution is 0.0903. The Bertz CT molecular complexity index is 1040. The van der Waals surface area contributed by atoms with E-state index in [4.69, 9.17) is 23.2 Å². The van der Waals surface area contributed by atoms with E-state index in [2.05, 4.69) is 15.4 Å². The minimum absolute atomic E-state index is 0.137. The van der Waals surface area contributed by atoms with Gasteiger partial charge in [-0.1, -0.05) is 42.3 Å². The van der Waals surface area contributed by atoms with Crippen molar-refractivity contribution in [2.24, 2.45) is 0 Å². The number of carbonyl (C=O) groups excluding carboxylic acids is 1. The average Bonchev–Trinajstić information content (AvgIpc) is 3.10. The van der Waals surface area contributed by atoms with Gasteiger partial charge in [0.05, 0.1) is 16.1 Å². The molecule has 6 nitrogen and oxygen atoms in total. The molecule has 0 radical (unpaired) electrons. The lowest BCUT2D eigenvalue weighted by atomic mass is 10.1. The molecule has 0 bridgehead atoms. The maximum absolute atomic E-state index is 13.7. The molecule has 0 aliphatic carbocycles. The summed E-state index contributed by atoms with van der Waals surface area (Å²) in [4.78, 5) is 16.6. The molecule has 10 heteroatoms. The Hall–Kier alpha value is -2.55. The van der Waals surface area contributed by atoms with E-state index in [0.717, 1.165) is 12.1 Å². The SMILES string of the molecule is CCc1nc(C(=O)NCC(O)c2ccc(F)cc2F)nn1-c1c(Cl)cccc1Cl. The fourth-order valence-electron chi connectivity index (χ4n) is 2.69. The van der Waals surface area contributed by atoms with Gasteiger partial charge in [0.2, 0.25) is 5.82 Å². The summed E-state index contributed by atoms with van der Waals surface area (Å²) in [7, 11) is 0. The van der Waals surface area contributed by atoms with Gasteiger partial charge in [-0.15, -0.1) is 5.10 Å². The van der Waals surface area contributed by atoms with Crippen molar-refractivity contribution >= 4 is 29.1 Å². The highest BCUT2D eigenvalue weighted by Gasteiger charge is 2.21. The van der Waals surface area contributed by atoms with Gasteiger partial charge >= 0.3 is 0 Å². The number of hydrogen-bond donors (Lipinski definition) is 2. The quantitative estimate of drug-likeness (QED) is 0.609. The molecule has 29 heavy (non-hydrogen) atoms. The van der Waals surface area contributed by atoms with E-state index in [1.54, 1.807) is 18.2 Å². The molecule has 0 aliphatic heterocycles. The first-order chi connectivity index (χ1) is 13.8. The van der Waals surface area contributed by atoms with Crippen LogP contribution in [-0.4, -0.2) is 32.3 Å².